The summed E-state index contributed by atoms with van der Waals surface area (Å²) in [5, 5.41) is 3.48. The number of fused-ring (bicyclic) bond motifs is 3. The number of hydrogen-bond acceptors (Lipinski definition) is 6. The lowest BCUT2D eigenvalue weighted by Crippen LogP contribution is -2.36. The Kier molecular flexibility index (Phi) is 5.83. The Hall–Kier alpha value is -2.93. The highest BCUT2D eigenvalue weighted by molar-refractivity contribution is 5.76. The maximum atomic E-state index is 12.8. The Balaban J connectivity index is 1.09. The molecule has 0 bridgehead atoms. The number of nitrogens with one attached hydrogen (secondary N) is 1. The second-order valence-electron chi connectivity index (χ2n) is 8.62. The lowest BCUT2D eigenvalue weighted by Gasteiger charge is -2.30. The molecule has 2 aliphatic heterocycles. The van der Waals surface area contributed by atoms with Crippen LogP contribution in [0.25, 0.3) is 0 Å². The van der Waals surface area contributed by atoms with E-state index in [-0.39, 0.29) is 5.91 Å². The maximum Gasteiger partial charge on any atom is 0.231 e. The lowest BCUT2D eigenvalue weighted by molar-refractivity contribution is -0.131. The number of hydrogen-bond donors (Lipinski definition) is 1. The Labute approximate surface area is 188 Å². The van der Waals surface area contributed by atoms with Gasteiger partial charge in [-0.2, -0.15) is 0 Å². The summed E-state index contributed by atoms with van der Waals surface area (Å²) in [7, 11) is 3.31. The fourth-order valence-electron chi connectivity index (χ4n) is 4.91. The van der Waals surface area contributed by atoms with Crippen molar-refractivity contribution in [2.75, 3.05) is 47.2 Å². The normalized spacial score (nSPS) is 18.3. The van der Waals surface area contributed by atoms with Gasteiger partial charge in [0.15, 0.2) is 23.0 Å². The molecule has 1 atom stereocenters. The Morgan fingerprint density at radius 3 is 2.31 bits per heavy atom. The van der Waals surface area contributed by atoms with Crippen LogP contribution in [0.2, 0.25) is 0 Å². The van der Waals surface area contributed by atoms with Crippen LogP contribution in [-0.2, 0) is 24.1 Å². The van der Waals surface area contributed by atoms with Crippen LogP contribution in [0.4, 0.5) is 0 Å². The minimum atomic E-state index is 0.210. The number of carbonyl (C=O) groups excluding carboxylic acids is 1. The average molecular weight is 439 g/mol. The number of carbonyl (C=O) groups is 1. The highest BCUT2D eigenvalue weighted by Gasteiger charge is 2.30. The molecular weight excluding hydrogens is 408 g/mol. The van der Waals surface area contributed by atoms with E-state index in [1.807, 2.05) is 17.0 Å². The number of benzene rings is 2. The zero-order valence-corrected chi connectivity index (χ0v) is 18.7. The zero-order valence-electron chi connectivity index (χ0n) is 18.7. The zero-order chi connectivity index (χ0) is 22.1. The number of nitrogens with zero attached hydrogens (tertiary/aromatic N) is 1. The molecule has 0 spiro atoms. The SMILES string of the molecule is COc1cc2c(cc1OC)CCN(C(=O)CCNCC1Cc3cc4c(cc31)OCO4)CC2. The number of ether oxygens (including phenoxy) is 4. The van der Waals surface area contributed by atoms with Crippen LogP contribution in [0.1, 0.15) is 34.6 Å². The molecule has 2 heterocycles. The average Bonchev–Trinajstić information content (AvgIpc) is 3.16. The van der Waals surface area contributed by atoms with Gasteiger partial charge in [-0.25, -0.2) is 0 Å². The molecule has 170 valence electrons. The maximum absolute atomic E-state index is 12.8. The first kappa shape index (κ1) is 20.9. The van der Waals surface area contributed by atoms with Crippen molar-refractivity contribution < 1.29 is 23.7 Å². The van der Waals surface area contributed by atoms with E-state index in [0.717, 1.165) is 61.9 Å². The molecule has 7 heteroatoms. The van der Waals surface area contributed by atoms with Crippen LogP contribution >= 0.6 is 0 Å². The summed E-state index contributed by atoms with van der Waals surface area (Å²) in [4.78, 5) is 14.8. The molecular formula is C25H30N2O5. The van der Waals surface area contributed by atoms with Crippen molar-refractivity contribution in [2.45, 2.75) is 31.6 Å². The van der Waals surface area contributed by atoms with Crippen molar-refractivity contribution in [3.8, 4) is 23.0 Å². The summed E-state index contributed by atoms with van der Waals surface area (Å²) in [5.41, 5.74) is 5.15. The van der Waals surface area contributed by atoms with Crippen molar-refractivity contribution in [3.63, 3.8) is 0 Å². The summed E-state index contributed by atoms with van der Waals surface area (Å²) in [6, 6.07) is 8.30. The fourth-order valence-corrected chi connectivity index (χ4v) is 4.91. The van der Waals surface area contributed by atoms with Crippen LogP contribution in [0.5, 0.6) is 23.0 Å². The fraction of sp³-hybridized carbons (Fsp3) is 0.480. The highest BCUT2D eigenvalue weighted by atomic mass is 16.7. The van der Waals surface area contributed by atoms with E-state index in [1.54, 1.807) is 14.2 Å². The Bertz CT molecular complexity index is 987. The van der Waals surface area contributed by atoms with E-state index in [2.05, 4.69) is 17.4 Å². The van der Waals surface area contributed by atoms with Crippen LogP contribution in [0.15, 0.2) is 24.3 Å². The van der Waals surface area contributed by atoms with Gasteiger partial charge >= 0.3 is 0 Å². The molecule has 2 aromatic carbocycles. The third kappa shape index (κ3) is 3.97. The van der Waals surface area contributed by atoms with E-state index in [9.17, 15) is 4.79 Å². The topological polar surface area (TPSA) is 69.3 Å². The van der Waals surface area contributed by atoms with Crippen LogP contribution in [-0.4, -0.2) is 58.0 Å². The first-order chi connectivity index (χ1) is 15.7. The summed E-state index contributed by atoms with van der Waals surface area (Å²) in [6.07, 6.45) is 3.24. The van der Waals surface area contributed by atoms with Crippen molar-refractivity contribution in [1.29, 1.82) is 0 Å². The molecule has 5 rings (SSSR count). The van der Waals surface area contributed by atoms with Crippen molar-refractivity contribution >= 4 is 5.91 Å². The van der Waals surface area contributed by atoms with Gasteiger partial charge in [0.25, 0.3) is 0 Å². The van der Waals surface area contributed by atoms with E-state index in [0.29, 0.717) is 25.7 Å². The van der Waals surface area contributed by atoms with E-state index >= 15 is 0 Å². The molecule has 0 saturated carbocycles. The highest BCUT2D eigenvalue weighted by Crippen LogP contribution is 2.43. The van der Waals surface area contributed by atoms with Gasteiger partial charge in [-0.15, -0.1) is 0 Å². The van der Waals surface area contributed by atoms with Gasteiger partial charge in [-0.3, -0.25) is 4.79 Å². The van der Waals surface area contributed by atoms with Crippen LogP contribution < -0.4 is 24.3 Å². The summed E-state index contributed by atoms with van der Waals surface area (Å²) >= 11 is 0. The number of amides is 1. The van der Waals surface area contributed by atoms with Gasteiger partial charge in [-0.1, -0.05) is 0 Å². The van der Waals surface area contributed by atoms with Crippen LogP contribution in [0.3, 0.4) is 0 Å². The monoisotopic (exact) mass is 438 g/mol. The molecule has 3 aliphatic rings. The van der Waals surface area contributed by atoms with Crippen molar-refractivity contribution in [1.82, 2.24) is 10.2 Å². The second kappa shape index (κ2) is 8.90. The molecule has 1 N–H and O–H groups in total. The quantitative estimate of drug-likeness (QED) is 0.671. The third-order valence-electron chi connectivity index (χ3n) is 6.81. The van der Waals surface area contributed by atoms with Gasteiger partial charge < -0.3 is 29.2 Å². The van der Waals surface area contributed by atoms with Gasteiger partial charge in [0, 0.05) is 38.5 Å². The summed E-state index contributed by atoms with van der Waals surface area (Å²) in [5.74, 6) is 3.89. The Morgan fingerprint density at radius 2 is 1.66 bits per heavy atom. The molecule has 32 heavy (non-hydrogen) atoms. The first-order valence-corrected chi connectivity index (χ1v) is 11.3. The molecule has 0 aromatic heterocycles. The summed E-state index contributed by atoms with van der Waals surface area (Å²) in [6.45, 7) is 3.37. The lowest BCUT2D eigenvalue weighted by atomic mass is 9.77. The van der Waals surface area contributed by atoms with Gasteiger partial charge in [0.05, 0.1) is 14.2 Å². The molecule has 0 radical (unpaired) electrons. The first-order valence-electron chi connectivity index (χ1n) is 11.3. The van der Waals surface area contributed by atoms with Crippen LogP contribution in [0, 0.1) is 0 Å². The van der Waals surface area contributed by atoms with Crippen molar-refractivity contribution in [2.24, 2.45) is 0 Å². The molecule has 1 unspecified atom stereocenters. The molecule has 0 fully saturated rings. The van der Waals surface area contributed by atoms with Gasteiger partial charge in [-0.05, 0) is 65.8 Å². The molecule has 1 aliphatic carbocycles. The van der Waals surface area contributed by atoms with E-state index < -0.39 is 0 Å². The number of methoxy groups -OCH3 is 2. The predicted molar refractivity (Wildman–Crippen MR) is 120 cm³/mol. The van der Waals surface area contributed by atoms with E-state index in [1.165, 1.54) is 22.3 Å². The minimum absolute atomic E-state index is 0.210. The largest absolute Gasteiger partial charge is 0.493 e. The third-order valence-corrected chi connectivity index (χ3v) is 6.81. The minimum Gasteiger partial charge on any atom is -0.493 e. The predicted octanol–water partition coefficient (Wildman–Crippen LogP) is 2.68. The smallest absolute Gasteiger partial charge is 0.231 e. The second-order valence-corrected chi connectivity index (χ2v) is 8.62. The van der Waals surface area contributed by atoms with Gasteiger partial charge in [0.1, 0.15) is 0 Å². The molecule has 7 nitrogen and oxygen atoms in total. The van der Waals surface area contributed by atoms with Crippen molar-refractivity contribution in [3.05, 3.63) is 46.5 Å². The Morgan fingerprint density at radius 1 is 1.00 bits per heavy atom. The molecule has 1 amide bonds. The van der Waals surface area contributed by atoms with Gasteiger partial charge in [0.2, 0.25) is 12.7 Å². The molecule has 0 saturated heterocycles. The number of rotatable bonds is 7. The summed E-state index contributed by atoms with van der Waals surface area (Å²) < 4.78 is 21.8. The van der Waals surface area contributed by atoms with E-state index in [4.69, 9.17) is 18.9 Å². The molecule has 2 aromatic rings. The standard InChI is InChI=1S/C25H30N2O5/c1-29-21-10-16-4-7-27(8-5-17(16)11-22(21)30-2)25(28)3-6-26-14-19-9-18-12-23-24(13-20(18)19)32-15-31-23/h10-13,19,26H,3-9,14-15H2,1-2H3.